The minimum absolute atomic E-state index is 0.0598. The van der Waals surface area contributed by atoms with Crippen molar-refractivity contribution in [3.63, 3.8) is 0 Å². The highest BCUT2D eigenvalue weighted by atomic mass is 15.0. The number of fused-ring (bicyclic) bond motifs is 7. The lowest BCUT2D eigenvalue weighted by molar-refractivity contribution is 0.858. The van der Waals surface area contributed by atoms with Gasteiger partial charge in [0, 0.05) is 40.4 Å². The van der Waals surface area contributed by atoms with Gasteiger partial charge in [-0.2, -0.15) is 0 Å². The molecule has 11 rings (SSSR count). The lowest BCUT2D eigenvalue weighted by atomic mass is 9.81. The van der Waals surface area contributed by atoms with Gasteiger partial charge in [-0.3, -0.25) is 4.98 Å². The quantitative estimate of drug-likeness (QED) is 0.159. The van der Waals surface area contributed by atoms with Crippen LogP contribution >= 0.6 is 0 Å². The lowest BCUT2D eigenvalue weighted by Gasteiger charge is -2.24. The second-order valence-electron chi connectivity index (χ2n) is 15.0. The maximum atomic E-state index is 5.21. The first kappa shape index (κ1) is 33.8. The molecule has 1 atom stereocenters. The van der Waals surface area contributed by atoms with Gasteiger partial charge in [0.25, 0.3) is 0 Å². The van der Waals surface area contributed by atoms with E-state index in [1.807, 2.05) is 48.8 Å². The summed E-state index contributed by atoms with van der Waals surface area (Å²) in [5, 5.41) is 9.93. The molecule has 2 aromatic heterocycles. The molecule has 1 unspecified atom stereocenters. The normalized spacial score (nSPS) is 14.2. The first-order chi connectivity index (χ1) is 28.7. The predicted molar refractivity (Wildman–Crippen MR) is 240 cm³/mol. The third-order valence-electron chi connectivity index (χ3n) is 11.5. The van der Waals surface area contributed by atoms with E-state index < -0.39 is 0 Å². The number of hydrogen-bond donors (Lipinski definition) is 0. The molecule has 4 heteroatoms. The number of rotatable bonds is 6. The second kappa shape index (κ2) is 14.2. The Morgan fingerprint density at radius 3 is 1.60 bits per heavy atom. The summed E-state index contributed by atoms with van der Waals surface area (Å²) in [6.07, 6.45) is 9.38. The van der Waals surface area contributed by atoms with Crippen molar-refractivity contribution in [2.75, 3.05) is 0 Å². The summed E-state index contributed by atoms with van der Waals surface area (Å²) in [6.45, 7) is 0. The Morgan fingerprint density at radius 1 is 0.397 bits per heavy atom. The van der Waals surface area contributed by atoms with Crippen LogP contribution in [0, 0.1) is 0 Å². The summed E-state index contributed by atoms with van der Waals surface area (Å²) in [4.78, 5) is 20.0. The van der Waals surface area contributed by atoms with Gasteiger partial charge in [0.2, 0.25) is 0 Å². The average molecular weight is 741 g/mol. The van der Waals surface area contributed by atoms with Crippen molar-refractivity contribution in [1.82, 2.24) is 19.9 Å². The largest absolute Gasteiger partial charge is 0.263 e. The first-order valence-electron chi connectivity index (χ1n) is 19.8. The van der Waals surface area contributed by atoms with E-state index in [-0.39, 0.29) is 5.92 Å². The van der Waals surface area contributed by atoms with E-state index in [1.54, 1.807) is 0 Å². The minimum atomic E-state index is 0.0598. The molecule has 1 aliphatic rings. The molecule has 1 aliphatic carbocycles. The third kappa shape index (κ3) is 6.03. The monoisotopic (exact) mass is 740 g/mol. The van der Waals surface area contributed by atoms with E-state index in [2.05, 4.69) is 157 Å². The zero-order valence-electron chi connectivity index (χ0n) is 31.6. The molecule has 0 spiro atoms. The molecule has 0 bridgehead atoms. The van der Waals surface area contributed by atoms with Crippen molar-refractivity contribution in [1.29, 1.82) is 0 Å². The van der Waals surface area contributed by atoms with Gasteiger partial charge in [0.15, 0.2) is 17.5 Å². The van der Waals surface area contributed by atoms with Crippen molar-refractivity contribution >= 4 is 54.2 Å². The molecule has 0 amide bonds. The second-order valence-corrected chi connectivity index (χ2v) is 15.0. The van der Waals surface area contributed by atoms with Gasteiger partial charge in [-0.1, -0.05) is 170 Å². The molecule has 8 aromatic carbocycles. The fraction of sp³-hybridized carbons (Fsp3) is 0.0370. The Balaban J connectivity index is 1.10. The van der Waals surface area contributed by atoms with Crippen LogP contribution in [-0.4, -0.2) is 19.9 Å². The fourth-order valence-corrected chi connectivity index (χ4v) is 8.68. The topological polar surface area (TPSA) is 51.6 Å². The Kier molecular flexibility index (Phi) is 8.25. The molecule has 0 aliphatic heterocycles. The Morgan fingerprint density at radius 2 is 0.931 bits per heavy atom. The summed E-state index contributed by atoms with van der Waals surface area (Å²) < 4.78 is 0. The van der Waals surface area contributed by atoms with Crippen LogP contribution in [0.25, 0.3) is 88.1 Å². The number of hydrogen-bond acceptors (Lipinski definition) is 4. The summed E-state index contributed by atoms with van der Waals surface area (Å²) in [6, 6.07) is 62.3. The number of nitrogens with zero attached hydrogens (tertiary/aromatic N) is 4. The standard InChI is InChI=1S/C54H36N4/c1-3-14-35(15-4-1)52-56-53(36-16-5-2-6-17-36)58-54(57-52)43-30-41(37-19-13-20-39(28-37)51-34-55-33-40-18-7-8-21-44(40)51)29-42(31-43)38-26-27-49-47-24-10-9-22-45(47)46-23-11-12-25-48(46)50(49)32-38/h1-30,32-34,42H,31H2. The minimum Gasteiger partial charge on any atom is -0.263 e. The zero-order valence-corrected chi connectivity index (χ0v) is 31.6. The van der Waals surface area contributed by atoms with Crippen molar-refractivity contribution in [3.05, 3.63) is 217 Å². The predicted octanol–water partition coefficient (Wildman–Crippen LogP) is 13.5. The molecule has 0 saturated carbocycles. The van der Waals surface area contributed by atoms with Crippen molar-refractivity contribution < 1.29 is 0 Å². The zero-order chi connectivity index (χ0) is 38.4. The summed E-state index contributed by atoms with van der Waals surface area (Å²) in [5.74, 6) is 2.07. The van der Waals surface area contributed by atoms with Crippen LogP contribution in [0.2, 0.25) is 0 Å². The molecule has 0 N–H and O–H groups in total. The highest BCUT2D eigenvalue weighted by Crippen LogP contribution is 2.42. The number of aromatic nitrogens is 4. The van der Waals surface area contributed by atoms with Gasteiger partial charge >= 0.3 is 0 Å². The maximum Gasteiger partial charge on any atom is 0.164 e. The van der Waals surface area contributed by atoms with E-state index >= 15 is 0 Å². The van der Waals surface area contributed by atoms with Crippen molar-refractivity contribution in [3.8, 4) is 33.9 Å². The molecule has 10 aromatic rings. The van der Waals surface area contributed by atoms with Gasteiger partial charge in [-0.25, -0.2) is 15.0 Å². The highest BCUT2D eigenvalue weighted by molar-refractivity contribution is 6.25. The Bertz CT molecular complexity index is 3160. The number of allylic oxidation sites excluding steroid dienone is 4. The van der Waals surface area contributed by atoms with E-state index in [4.69, 9.17) is 15.0 Å². The van der Waals surface area contributed by atoms with Crippen molar-refractivity contribution in [2.45, 2.75) is 12.3 Å². The van der Waals surface area contributed by atoms with Gasteiger partial charge in [-0.05, 0) is 90.2 Å². The van der Waals surface area contributed by atoms with Crippen LogP contribution in [0.15, 0.2) is 200 Å². The van der Waals surface area contributed by atoms with E-state index in [0.29, 0.717) is 17.5 Å². The highest BCUT2D eigenvalue weighted by Gasteiger charge is 2.24. The molecule has 0 fully saturated rings. The summed E-state index contributed by atoms with van der Waals surface area (Å²) >= 11 is 0. The van der Waals surface area contributed by atoms with Crippen LogP contribution < -0.4 is 0 Å². The molecule has 0 saturated heterocycles. The summed E-state index contributed by atoms with van der Waals surface area (Å²) in [5.41, 5.74) is 8.74. The van der Waals surface area contributed by atoms with E-state index in [9.17, 15) is 0 Å². The third-order valence-corrected chi connectivity index (χ3v) is 11.5. The lowest BCUT2D eigenvalue weighted by Crippen LogP contribution is -2.08. The molecule has 272 valence electrons. The maximum absolute atomic E-state index is 5.21. The molecule has 4 nitrogen and oxygen atoms in total. The molecule has 2 heterocycles. The van der Waals surface area contributed by atoms with Gasteiger partial charge < -0.3 is 0 Å². The van der Waals surface area contributed by atoms with Crippen LogP contribution in [0.5, 0.6) is 0 Å². The smallest absolute Gasteiger partial charge is 0.164 e. The Labute approximate surface area is 336 Å². The average Bonchev–Trinajstić information content (AvgIpc) is 3.31. The molecule has 58 heavy (non-hydrogen) atoms. The number of pyridine rings is 1. The van der Waals surface area contributed by atoms with Gasteiger partial charge in [0.1, 0.15) is 0 Å². The van der Waals surface area contributed by atoms with Gasteiger partial charge in [0.05, 0.1) is 0 Å². The first-order valence-corrected chi connectivity index (χ1v) is 19.8. The van der Waals surface area contributed by atoms with E-state index in [0.717, 1.165) is 50.8 Å². The molecular formula is C54H36N4. The summed E-state index contributed by atoms with van der Waals surface area (Å²) in [7, 11) is 0. The Hall–Kier alpha value is -7.56. The van der Waals surface area contributed by atoms with Crippen LogP contribution in [0.4, 0.5) is 0 Å². The molecule has 0 radical (unpaired) electrons. The SMILES string of the molecule is C1=C(c2cccc(-c3cncc4ccccc34)c2)C=C(c2nc(-c3ccccc3)nc(-c3ccccc3)n2)CC1c1ccc2c3ccccc3c3ccccc3c2c1. The van der Waals surface area contributed by atoms with Crippen LogP contribution in [0.1, 0.15) is 29.3 Å². The van der Waals surface area contributed by atoms with Gasteiger partial charge in [-0.15, -0.1) is 0 Å². The van der Waals surface area contributed by atoms with Crippen molar-refractivity contribution in [2.24, 2.45) is 0 Å². The molecular weight excluding hydrogens is 705 g/mol. The fourth-order valence-electron chi connectivity index (χ4n) is 8.68. The van der Waals surface area contributed by atoms with Crippen LogP contribution in [0.3, 0.4) is 0 Å². The van der Waals surface area contributed by atoms with E-state index in [1.165, 1.54) is 43.3 Å². The van der Waals surface area contributed by atoms with Crippen LogP contribution in [-0.2, 0) is 0 Å². The number of benzene rings is 8.